The van der Waals surface area contributed by atoms with E-state index in [0.717, 1.165) is 0 Å². The Morgan fingerprint density at radius 3 is 1.31 bits per heavy atom. The van der Waals surface area contributed by atoms with Crippen LogP contribution >= 0.6 is 0 Å². The highest BCUT2D eigenvalue weighted by Gasteiger charge is 2.44. The number of benzene rings is 7. The molecule has 7 aromatic carbocycles. The maximum Gasteiger partial charge on any atom is 0.244 e. The second kappa shape index (κ2) is 7.67. The summed E-state index contributed by atoms with van der Waals surface area (Å²) in [6.07, 6.45) is 0. The highest BCUT2D eigenvalue weighted by atomic mass is 14.4. The summed E-state index contributed by atoms with van der Waals surface area (Å²) in [6.45, 7) is 9.87. The molecule has 2 heterocycles. The standard InChI is InChI=1S/C44H31B/c1-43(2)34-18-7-5-12-24(34)32-22-30-26-14-9-15-27-31-23-33-25-13-6-8-19-35(25)44(3,4)41(33)29-17-11-21-37(39(29)31)45(42(26)27)36-20-10-16-28(38(30)36)40(32)43/h5-23H,1-4H3. The summed E-state index contributed by atoms with van der Waals surface area (Å²) >= 11 is 0. The second-order valence-corrected chi connectivity index (χ2v) is 14.8. The topological polar surface area (TPSA) is 0 Å². The van der Waals surface area contributed by atoms with Crippen LogP contribution in [0.1, 0.15) is 49.9 Å². The van der Waals surface area contributed by atoms with Crippen molar-refractivity contribution in [3.63, 3.8) is 0 Å². The summed E-state index contributed by atoms with van der Waals surface area (Å²) in [5, 5.41) is 5.73. The van der Waals surface area contributed by atoms with Crippen LogP contribution in [0.2, 0.25) is 0 Å². The van der Waals surface area contributed by atoms with E-state index in [1.807, 2.05) is 0 Å². The van der Waals surface area contributed by atoms with E-state index in [9.17, 15) is 0 Å². The van der Waals surface area contributed by atoms with Gasteiger partial charge in [0.1, 0.15) is 0 Å². The molecule has 11 rings (SSSR count). The van der Waals surface area contributed by atoms with Gasteiger partial charge >= 0.3 is 0 Å². The normalized spacial score (nSPS) is 16.3. The highest BCUT2D eigenvalue weighted by Crippen LogP contribution is 2.55. The van der Waals surface area contributed by atoms with Crippen LogP contribution in [-0.4, -0.2) is 6.71 Å². The Morgan fingerprint density at radius 1 is 0.400 bits per heavy atom. The molecule has 0 amide bonds. The first-order valence-corrected chi connectivity index (χ1v) is 16.4. The van der Waals surface area contributed by atoms with Crippen molar-refractivity contribution in [2.75, 3.05) is 0 Å². The van der Waals surface area contributed by atoms with Gasteiger partial charge in [-0.1, -0.05) is 147 Å². The van der Waals surface area contributed by atoms with Crippen molar-refractivity contribution in [3.05, 3.63) is 138 Å². The molecular formula is C44H31B. The molecule has 0 spiro atoms. The Labute approximate surface area is 264 Å². The van der Waals surface area contributed by atoms with Gasteiger partial charge in [0, 0.05) is 10.8 Å². The van der Waals surface area contributed by atoms with E-state index >= 15 is 0 Å². The van der Waals surface area contributed by atoms with Crippen LogP contribution in [0.15, 0.2) is 115 Å². The Bertz CT molecular complexity index is 2370. The van der Waals surface area contributed by atoms with Gasteiger partial charge in [-0.15, -0.1) is 0 Å². The Morgan fingerprint density at radius 2 is 0.822 bits per heavy atom. The monoisotopic (exact) mass is 570 g/mol. The smallest absolute Gasteiger partial charge is 0.0663 e. The molecule has 0 saturated heterocycles. The van der Waals surface area contributed by atoms with Gasteiger partial charge in [-0.05, 0) is 100 Å². The maximum absolute atomic E-state index is 2.54. The van der Waals surface area contributed by atoms with Gasteiger partial charge in [0.15, 0.2) is 0 Å². The van der Waals surface area contributed by atoms with Crippen LogP contribution in [0.5, 0.6) is 0 Å². The number of fused-ring (bicyclic) bond motifs is 12. The molecule has 0 atom stereocenters. The van der Waals surface area contributed by atoms with Crippen molar-refractivity contribution in [2.24, 2.45) is 0 Å². The first-order chi connectivity index (χ1) is 21.9. The van der Waals surface area contributed by atoms with E-state index < -0.39 is 0 Å². The van der Waals surface area contributed by atoms with Gasteiger partial charge in [0.25, 0.3) is 0 Å². The molecule has 45 heavy (non-hydrogen) atoms. The molecule has 1 heteroatoms. The van der Waals surface area contributed by atoms with Gasteiger partial charge in [0.2, 0.25) is 6.71 Å². The van der Waals surface area contributed by atoms with E-state index in [1.54, 1.807) is 0 Å². The first-order valence-electron chi connectivity index (χ1n) is 16.4. The average Bonchev–Trinajstić information content (AvgIpc) is 3.44. The van der Waals surface area contributed by atoms with E-state index in [0.29, 0.717) is 0 Å². The quantitative estimate of drug-likeness (QED) is 0.160. The maximum atomic E-state index is 2.54. The number of rotatable bonds is 0. The molecule has 0 unspecified atom stereocenters. The van der Waals surface area contributed by atoms with Crippen LogP contribution < -0.4 is 16.4 Å². The zero-order chi connectivity index (χ0) is 30.0. The SMILES string of the molecule is CC1(C)c2ccccc2-c2cc3c4c(cccc4c21)B1c2c-3cccc2-c2cc3c(c4cccc1c24)C(C)(C)c1ccccc1-3. The fourth-order valence-corrected chi connectivity index (χ4v) is 10.3. The summed E-state index contributed by atoms with van der Waals surface area (Å²) in [5.41, 5.74) is 21.3. The lowest BCUT2D eigenvalue weighted by molar-refractivity contribution is 0.666. The molecule has 0 nitrogen and oxygen atoms in total. The fourth-order valence-electron chi connectivity index (χ4n) is 10.3. The molecular weight excluding hydrogens is 539 g/mol. The molecule has 2 aliphatic carbocycles. The molecule has 0 radical (unpaired) electrons. The van der Waals surface area contributed by atoms with Gasteiger partial charge < -0.3 is 0 Å². The third-order valence-electron chi connectivity index (χ3n) is 12.0. The van der Waals surface area contributed by atoms with Crippen molar-refractivity contribution in [3.8, 4) is 44.5 Å². The van der Waals surface area contributed by atoms with Crippen LogP contribution in [0.4, 0.5) is 0 Å². The summed E-state index contributed by atoms with van der Waals surface area (Å²) < 4.78 is 0. The van der Waals surface area contributed by atoms with E-state index in [2.05, 4.69) is 143 Å². The van der Waals surface area contributed by atoms with Crippen molar-refractivity contribution < 1.29 is 0 Å². The third-order valence-corrected chi connectivity index (χ3v) is 12.0. The minimum absolute atomic E-state index is 0.0501. The van der Waals surface area contributed by atoms with E-state index in [1.165, 1.54) is 105 Å². The lowest BCUT2D eigenvalue weighted by Crippen LogP contribution is -2.57. The minimum atomic E-state index is -0.0501. The molecule has 2 aliphatic heterocycles. The lowest BCUT2D eigenvalue weighted by Gasteiger charge is -2.36. The van der Waals surface area contributed by atoms with Gasteiger partial charge in [-0.25, -0.2) is 0 Å². The Balaban J connectivity index is 1.30. The molecule has 0 saturated carbocycles. The number of hydrogen-bond acceptors (Lipinski definition) is 0. The molecule has 7 aromatic rings. The number of hydrogen-bond donors (Lipinski definition) is 0. The molecule has 4 aliphatic rings. The summed E-state index contributed by atoms with van der Waals surface area (Å²) in [5.74, 6) is 0. The van der Waals surface area contributed by atoms with Crippen molar-refractivity contribution in [1.82, 2.24) is 0 Å². The predicted octanol–water partition coefficient (Wildman–Crippen LogP) is 9.08. The Hall–Kier alpha value is -4.88. The van der Waals surface area contributed by atoms with Crippen LogP contribution in [0, 0.1) is 0 Å². The third kappa shape index (κ3) is 2.63. The van der Waals surface area contributed by atoms with E-state index in [4.69, 9.17) is 0 Å². The van der Waals surface area contributed by atoms with Crippen molar-refractivity contribution in [1.29, 1.82) is 0 Å². The summed E-state index contributed by atoms with van der Waals surface area (Å²) in [7, 11) is 0. The second-order valence-electron chi connectivity index (χ2n) is 14.8. The lowest BCUT2D eigenvalue weighted by atomic mass is 9.31. The van der Waals surface area contributed by atoms with Crippen LogP contribution in [0.25, 0.3) is 66.1 Å². The van der Waals surface area contributed by atoms with Crippen molar-refractivity contribution >= 4 is 44.6 Å². The summed E-state index contributed by atoms with van der Waals surface area (Å²) in [6, 6.07) is 44.6. The fraction of sp³-hybridized carbons (Fsp3) is 0.136. The first kappa shape index (κ1) is 24.4. The molecule has 0 aromatic heterocycles. The minimum Gasteiger partial charge on any atom is -0.0663 e. The van der Waals surface area contributed by atoms with Crippen LogP contribution in [-0.2, 0) is 10.8 Å². The largest absolute Gasteiger partial charge is 0.244 e. The Kier molecular flexibility index (Phi) is 4.17. The zero-order valence-electron chi connectivity index (χ0n) is 26.0. The van der Waals surface area contributed by atoms with Gasteiger partial charge in [0.05, 0.1) is 0 Å². The molecule has 0 bridgehead atoms. The summed E-state index contributed by atoms with van der Waals surface area (Å²) in [4.78, 5) is 0. The van der Waals surface area contributed by atoms with Gasteiger partial charge in [-0.3, -0.25) is 0 Å². The van der Waals surface area contributed by atoms with E-state index in [-0.39, 0.29) is 17.5 Å². The highest BCUT2D eigenvalue weighted by molar-refractivity contribution is 7.01. The zero-order valence-corrected chi connectivity index (χ0v) is 26.0. The van der Waals surface area contributed by atoms with Crippen molar-refractivity contribution in [2.45, 2.75) is 38.5 Å². The molecule has 0 N–H and O–H groups in total. The van der Waals surface area contributed by atoms with Gasteiger partial charge in [-0.2, -0.15) is 0 Å². The molecule has 210 valence electrons. The molecule has 0 fully saturated rings. The van der Waals surface area contributed by atoms with Crippen LogP contribution in [0.3, 0.4) is 0 Å². The predicted molar refractivity (Wildman–Crippen MR) is 192 cm³/mol. The average molecular weight is 571 g/mol.